The molecular formula is C24H31N3O2. The van der Waals surface area contributed by atoms with Gasteiger partial charge < -0.3 is 9.88 Å². The highest BCUT2D eigenvalue weighted by Gasteiger charge is 2.41. The molecule has 1 aromatic heterocycles. The highest BCUT2D eigenvalue weighted by atomic mass is 16.2. The minimum atomic E-state index is -0.169. The first kappa shape index (κ1) is 19.9. The fourth-order valence-corrected chi connectivity index (χ4v) is 5.27. The maximum absolute atomic E-state index is 13.2. The summed E-state index contributed by atoms with van der Waals surface area (Å²) >= 11 is 0. The molecule has 1 N–H and O–H groups in total. The number of nitrogens with one attached hydrogen (secondary N) is 1. The Kier molecular flexibility index (Phi) is 5.59. The molecule has 1 amide bonds. The first-order chi connectivity index (χ1) is 14.0. The molecule has 3 heterocycles. The first-order valence-electron chi connectivity index (χ1n) is 10.7. The van der Waals surface area contributed by atoms with Crippen LogP contribution < -0.4 is 5.43 Å². The molecule has 0 saturated carbocycles. The van der Waals surface area contributed by atoms with Crippen LogP contribution in [0.25, 0.3) is 0 Å². The first-order valence-corrected chi connectivity index (χ1v) is 10.7. The summed E-state index contributed by atoms with van der Waals surface area (Å²) in [4.78, 5) is 33.4. The van der Waals surface area contributed by atoms with Crippen LogP contribution in [0, 0.1) is 19.3 Å². The Hall–Kier alpha value is -2.40. The molecule has 1 atom stereocenters. The number of carbonyl (C=O) groups is 1. The van der Waals surface area contributed by atoms with Crippen LogP contribution in [0.5, 0.6) is 0 Å². The molecule has 0 radical (unpaired) electrons. The van der Waals surface area contributed by atoms with E-state index >= 15 is 0 Å². The summed E-state index contributed by atoms with van der Waals surface area (Å²) in [5.41, 5.74) is 3.10. The third-order valence-electron chi connectivity index (χ3n) is 6.51. The van der Waals surface area contributed by atoms with Gasteiger partial charge in [-0.05, 0) is 51.6 Å². The van der Waals surface area contributed by atoms with Gasteiger partial charge in [0.05, 0.1) is 0 Å². The van der Waals surface area contributed by atoms with Crippen molar-refractivity contribution in [2.24, 2.45) is 5.41 Å². The lowest BCUT2D eigenvalue weighted by Crippen LogP contribution is -2.54. The number of aryl methyl sites for hydroxylation is 2. The maximum Gasteiger partial charge on any atom is 0.259 e. The van der Waals surface area contributed by atoms with Crippen LogP contribution in [0.15, 0.2) is 41.2 Å². The van der Waals surface area contributed by atoms with E-state index in [2.05, 4.69) is 40.2 Å². The lowest BCUT2D eigenvalue weighted by Gasteiger charge is -2.48. The Bertz CT molecular complexity index is 933. The van der Waals surface area contributed by atoms with Crippen LogP contribution >= 0.6 is 0 Å². The number of aromatic amines is 1. The second kappa shape index (κ2) is 8.15. The number of nitrogens with zero attached hydrogens (tertiary/aromatic N) is 2. The van der Waals surface area contributed by atoms with Crippen molar-refractivity contribution in [3.8, 4) is 0 Å². The molecule has 5 nitrogen and oxygen atoms in total. The van der Waals surface area contributed by atoms with Crippen molar-refractivity contribution >= 4 is 5.91 Å². The van der Waals surface area contributed by atoms with E-state index in [4.69, 9.17) is 0 Å². The Morgan fingerprint density at radius 2 is 1.79 bits per heavy atom. The Morgan fingerprint density at radius 3 is 2.52 bits per heavy atom. The third kappa shape index (κ3) is 4.30. The van der Waals surface area contributed by atoms with Crippen molar-refractivity contribution in [2.45, 2.75) is 46.1 Å². The number of rotatable bonds is 3. The van der Waals surface area contributed by atoms with Crippen LogP contribution in [-0.4, -0.2) is 46.9 Å². The minimum absolute atomic E-state index is 0.108. The van der Waals surface area contributed by atoms with Gasteiger partial charge >= 0.3 is 0 Å². The second-order valence-corrected chi connectivity index (χ2v) is 8.95. The predicted molar refractivity (Wildman–Crippen MR) is 115 cm³/mol. The standard InChI is InChI=1S/C24H31N3O2/c1-18-14-21(28)22(19(2)25-18)23(29)27-13-7-11-24(17-27)10-6-12-26(16-24)15-20-8-4-3-5-9-20/h3-5,8-9,14H,6-7,10-13,15-17H2,1-2H3,(H,25,28)/t24-/m0/s1. The Labute approximate surface area is 172 Å². The molecule has 2 aromatic rings. The van der Waals surface area contributed by atoms with E-state index in [1.54, 1.807) is 0 Å². The molecule has 1 aromatic carbocycles. The highest BCUT2D eigenvalue weighted by Crippen LogP contribution is 2.39. The van der Waals surface area contributed by atoms with E-state index < -0.39 is 0 Å². The van der Waals surface area contributed by atoms with Gasteiger partial charge in [-0.2, -0.15) is 0 Å². The molecule has 29 heavy (non-hydrogen) atoms. The molecular weight excluding hydrogens is 362 g/mol. The fourth-order valence-electron chi connectivity index (χ4n) is 5.27. The van der Waals surface area contributed by atoms with Gasteiger partial charge in [0.15, 0.2) is 5.43 Å². The van der Waals surface area contributed by atoms with Gasteiger partial charge in [-0.3, -0.25) is 14.5 Å². The van der Waals surface area contributed by atoms with E-state index in [-0.39, 0.29) is 16.8 Å². The zero-order valence-electron chi connectivity index (χ0n) is 17.5. The molecule has 2 saturated heterocycles. The average Bonchev–Trinajstić information content (AvgIpc) is 2.68. The second-order valence-electron chi connectivity index (χ2n) is 8.95. The van der Waals surface area contributed by atoms with E-state index in [9.17, 15) is 9.59 Å². The van der Waals surface area contributed by atoms with E-state index in [1.165, 1.54) is 18.1 Å². The van der Waals surface area contributed by atoms with Gasteiger partial charge in [-0.25, -0.2) is 0 Å². The lowest BCUT2D eigenvalue weighted by molar-refractivity contribution is 0.0112. The highest BCUT2D eigenvalue weighted by molar-refractivity contribution is 5.95. The Balaban J connectivity index is 1.50. The van der Waals surface area contributed by atoms with Crippen LogP contribution in [-0.2, 0) is 6.54 Å². The predicted octanol–water partition coefficient (Wildman–Crippen LogP) is 3.51. The zero-order chi connectivity index (χ0) is 20.4. The summed E-state index contributed by atoms with van der Waals surface area (Å²) in [6, 6.07) is 12.1. The number of piperidine rings is 2. The number of pyridine rings is 1. The van der Waals surface area contributed by atoms with Gasteiger partial charge in [-0.1, -0.05) is 30.3 Å². The largest absolute Gasteiger partial charge is 0.362 e. The topological polar surface area (TPSA) is 56.4 Å². The number of aromatic nitrogens is 1. The molecule has 154 valence electrons. The van der Waals surface area contributed by atoms with Crippen molar-refractivity contribution in [3.63, 3.8) is 0 Å². The monoisotopic (exact) mass is 393 g/mol. The summed E-state index contributed by atoms with van der Waals surface area (Å²) in [5, 5.41) is 0. The van der Waals surface area contributed by atoms with Gasteiger partial charge in [0.2, 0.25) is 0 Å². The fraction of sp³-hybridized carbons (Fsp3) is 0.500. The minimum Gasteiger partial charge on any atom is -0.362 e. The molecule has 2 aliphatic heterocycles. The van der Waals surface area contributed by atoms with Crippen LogP contribution in [0.1, 0.15) is 53.0 Å². The Morgan fingerprint density at radius 1 is 1.07 bits per heavy atom. The van der Waals surface area contributed by atoms with Crippen molar-refractivity contribution in [1.29, 1.82) is 0 Å². The summed E-state index contributed by atoms with van der Waals surface area (Å²) < 4.78 is 0. The van der Waals surface area contributed by atoms with Gasteiger partial charge in [-0.15, -0.1) is 0 Å². The zero-order valence-corrected chi connectivity index (χ0v) is 17.5. The lowest BCUT2D eigenvalue weighted by atomic mass is 9.73. The van der Waals surface area contributed by atoms with E-state index in [0.717, 1.165) is 57.7 Å². The summed E-state index contributed by atoms with van der Waals surface area (Å²) in [6.07, 6.45) is 4.49. The number of H-pyrrole nitrogens is 1. The number of hydrogen-bond acceptors (Lipinski definition) is 3. The van der Waals surface area contributed by atoms with Crippen LogP contribution in [0.4, 0.5) is 0 Å². The number of likely N-dealkylation sites (tertiary alicyclic amines) is 2. The molecule has 0 aliphatic carbocycles. The van der Waals surface area contributed by atoms with E-state index in [0.29, 0.717) is 11.3 Å². The average molecular weight is 394 g/mol. The maximum atomic E-state index is 13.2. The molecule has 0 unspecified atom stereocenters. The van der Waals surface area contributed by atoms with E-state index in [1.807, 2.05) is 18.7 Å². The summed E-state index contributed by atoms with van der Waals surface area (Å²) in [7, 11) is 0. The molecule has 1 spiro atoms. The molecule has 2 aliphatic rings. The van der Waals surface area contributed by atoms with Crippen molar-refractivity contribution in [1.82, 2.24) is 14.8 Å². The quantitative estimate of drug-likeness (QED) is 0.868. The van der Waals surface area contributed by atoms with Crippen molar-refractivity contribution < 1.29 is 4.79 Å². The SMILES string of the molecule is Cc1cc(=O)c(C(=O)N2CCC[C@]3(CCCN(Cc4ccccc4)C3)C2)c(C)[nH]1. The molecule has 2 fully saturated rings. The molecule has 0 bridgehead atoms. The molecule has 4 rings (SSSR count). The third-order valence-corrected chi connectivity index (χ3v) is 6.51. The molecule has 5 heteroatoms. The number of carbonyl (C=O) groups excluding carboxylic acids is 1. The van der Waals surface area contributed by atoms with Crippen molar-refractivity contribution in [2.75, 3.05) is 26.2 Å². The summed E-state index contributed by atoms with van der Waals surface area (Å²) in [5.74, 6) is -0.108. The number of amides is 1. The van der Waals surface area contributed by atoms with Gasteiger partial charge in [0.1, 0.15) is 5.56 Å². The summed E-state index contributed by atoms with van der Waals surface area (Å²) in [6.45, 7) is 8.27. The van der Waals surface area contributed by atoms with Gasteiger partial charge in [0, 0.05) is 49.0 Å². The van der Waals surface area contributed by atoms with Gasteiger partial charge in [0.25, 0.3) is 5.91 Å². The number of hydrogen-bond donors (Lipinski definition) is 1. The number of benzene rings is 1. The van der Waals surface area contributed by atoms with Crippen LogP contribution in [0.3, 0.4) is 0 Å². The van der Waals surface area contributed by atoms with Crippen molar-refractivity contribution in [3.05, 3.63) is 69.1 Å². The smallest absolute Gasteiger partial charge is 0.259 e. The normalized spacial score (nSPS) is 22.8. The van der Waals surface area contributed by atoms with Crippen LogP contribution in [0.2, 0.25) is 0 Å².